The van der Waals surface area contributed by atoms with Gasteiger partial charge in [0.2, 0.25) is 0 Å². The highest BCUT2D eigenvalue weighted by molar-refractivity contribution is 6.05. The van der Waals surface area contributed by atoms with Crippen molar-refractivity contribution in [1.82, 2.24) is 0 Å². The van der Waals surface area contributed by atoms with Crippen LogP contribution in [0.15, 0.2) is 30.3 Å². The smallest absolute Gasteiger partial charge is 0.163 e. The first-order valence-corrected chi connectivity index (χ1v) is 4.58. The molecule has 3 nitrogen and oxygen atoms in total. The van der Waals surface area contributed by atoms with E-state index in [4.69, 9.17) is 0 Å². The molecule has 0 saturated carbocycles. The molecule has 15 heavy (non-hydrogen) atoms. The minimum Gasteiger partial charge on any atom is -0.507 e. The van der Waals surface area contributed by atoms with Crippen LogP contribution in [0.2, 0.25) is 0 Å². The summed E-state index contributed by atoms with van der Waals surface area (Å²) in [6.07, 6.45) is 2.71. The number of carbonyl (C=O) groups excluding carboxylic acids is 2. The molecule has 0 amide bonds. The summed E-state index contributed by atoms with van der Waals surface area (Å²) in [7, 11) is 0. The Labute approximate surface area is 88.0 Å². The van der Waals surface area contributed by atoms with Crippen LogP contribution in [0.4, 0.5) is 0 Å². The number of Topliss-reactive ketones (excluding diaryl/α,β-unsaturated/α-hetero) is 1. The number of hydrogen-bond acceptors (Lipinski definition) is 3. The zero-order valence-corrected chi connectivity index (χ0v) is 8.43. The fraction of sp³-hybridized carbons (Fsp3) is 0.167. The van der Waals surface area contributed by atoms with Gasteiger partial charge in [0, 0.05) is 5.56 Å². The van der Waals surface area contributed by atoms with Crippen LogP contribution >= 0.6 is 0 Å². The molecule has 3 heteroatoms. The average Bonchev–Trinajstić information content (AvgIpc) is 2.15. The Kier molecular flexibility index (Phi) is 3.80. The van der Waals surface area contributed by atoms with Gasteiger partial charge in [-0.15, -0.1) is 0 Å². The monoisotopic (exact) mass is 204 g/mol. The van der Waals surface area contributed by atoms with Gasteiger partial charge >= 0.3 is 0 Å². The lowest BCUT2D eigenvalue weighted by atomic mass is 10.1. The van der Waals surface area contributed by atoms with Crippen molar-refractivity contribution in [3.8, 4) is 5.75 Å². The third-order valence-electron chi connectivity index (χ3n) is 1.81. The standard InChI is InChI=1S/C12H12O3/c1-9(13)8-11(14)7-6-10-4-2-3-5-12(10)15/h2-7,15H,8H2,1H3. The van der Waals surface area contributed by atoms with E-state index in [-0.39, 0.29) is 23.7 Å². The second-order valence-corrected chi connectivity index (χ2v) is 3.24. The normalized spacial score (nSPS) is 10.5. The second-order valence-electron chi connectivity index (χ2n) is 3.24. The van der Waals surface area contributed by atoms with Gasteiger partial charge in [-0.2, -0.15) is 0 Å². The topological polar surface area (TPSA) is 54.4 Å². The van der Waals surface area contributed by atoms with Gasteiger partial charge in [0.25, 0.3) is 0 Å². The van der Waals surface area contributed by atoms with Crippen molar-refractivity contribution in [1.29, 1.82) is 0 Å². The van der Waals surface area contributed by atoms with E-state index in [1.165, 1.54) is 25.1 Å². The van der Waals surface area contributed by atoms with Gasteiger partial charge in [-0.1, -0.05) is 18.2 Å². The first-order valence-electron chi connectivity index (χ1n) is 4.58. The van der Waals surface area contributed by atoms with E-state index in [9.17, 15) is 14.7 Å². The Morgan fingerprint density at radius 3 is 2.60 bits per heavy atom. The number of ketones is 2. The zero-order valence-electron chi connectivity index (χ0n) is 8.43. The van der Waals surface area contributed by atoms with Crippen LogP contribution in [-0.4, -0.2) is 16.7 Å². The number of aromatic hydroxyl groups is 1. The second kappa shape index (κ2) is 5.10. The van der Waals surface area contributed by atoms with E-state index >= 15 is 0 Å². The minimum absolute atomic E-state index is 0.0932. The Bertz CT molecular complexity index is 405. The molecule has 1 N–H and O–H groups in total. The van der Waals surface area contributed by atoms with Crippen LogP contribution in [0.3, 0.4) is 0 Å². The first kappa shape index (κ1) is 11.2. The number of hydrogen-bond donors (Lipinski definition) is 1. The molecule has 0 aromatic heterocycles. The molecule has 1 aromatic rings. The molecule has 0 aliphatic heterocycles. The molecule has 0 unspecified atom stereocenters. The molecule has 1 aromatic carbocycles. The Morgan fingerprint density at radius 2 is 2.00 bits per heavy atom. The molecule has 0 aliphatic rings. The molecule has 1 rings (SSSR count). The van der Waals surface area contributed by atoms with Gasteiger partial charge < -0.3 is 5.11 Å². The van der Waals surface area contributed by atoms with E-state index in [0.29, 0.717) is 5.56 Å². The summed E-state index contributed by atoms with van der Waals surface area (Å²) in [5.74, 6) is -0.308. The summed E-state index contributed by atoms with van der Waals surface area (Å²) in [6.45, 7) is 1.37. The van der Waals surface area contributed by atoms with E-state index < -0.39 is 0 Å². The number of rotatable bonds is 4. The number of benzene rings is 1. The lowest BCUT2D eigenvalue weighted by Crippen LogP contribution is -1.99. The van der Waals surface area contributed by atoms with Gasteiger partial charge in [-0.3, -0.25) is 9.59 Å². The third kappa shape index (κ3) is 3.77. The average molecular weight is 204 g/mol. The lowest BCUT2D eigenvalue weighted by molar-refractivity contribution is -0.123. The molecule has 0 atom stereocenters. The van der Waals surface area contributed by atoms with Crippen LogP contribution in [0, 0.1) is 0 Å². The highest BCUT2D eigenvalue weighted by atomic mass is 16.3. The molecule has 0 bridgehead atoms. The number of para-hydroxylation sites is 1. The highest BCUT2D eigenvalue weighted by Gasteiger charge is 2.01. The number of phenolic OH excluding ortho intramolecular Hbond substituents is 1. The van der Waals surface area contributed by atoms with Crippen molar-refractivity contribution < 1.29 is 14.7 Å². The minimum atomic E-state index is -0.259. The maximum absolute atomic E-state index is 11.1. The maximum atomic E-state index is 11.1. The van der Waals surface area contributed by atoms with Crippen molar-refractivity contribution in [2.75, 3.05) is 0 Å². The highest BCUT2D eigenvalue weighted by Crippen LogP contribution is 2.16. The third-order valence-corrected chi connectivity index (χ3v) is 1.81. The molecular weight excluding hydrogens is 192 g/mol. The molecule has 0 saturated heterocycles. The Hall–Kier alpha value is -1.90. The van der Waals surface area contributed by atoms with Crippen LogP contribution < -0.4 is 0 Å². The van der Waals surface area contributed by atoms with Gasteiger partial charge in [0.1, 0.15) is 11.5 Å². The fourth-order valence-electron chi connectivity index (χ4n) is 1.12. The largest absolute Gasteiger partial charge is 0.507 e. The summed E-state index contributed by atoms with van der Waals surface area (Å²) in [5, 5.41) is 9.38. The summed E-state index contributed by atoms with van der Waals surface area (Å²) >= 11 is 0. The lowest BCUT2D eigenvalue weighted by Gasteiger charge is -1.96. The summed E-state index contributed by atoms with van der Waals surface area (Å²) < 4.78 is 0. The van der Waals surface area contributed by atoms with E-state index in [0.717, 1.165) is 0 Å². The van der Waals surface area contributed by atoms with E-state index in [2.05, 4.69) is 0 Å². The molecule has 0 aliphatic carbocycles. The summed E-state index contributed by atoms with van der Waals surface area (Å²) in [6, 6.07) is 6.68. The molecule has 0 spiro atoms. The molecular formula is C12H12O3. The van der Waals surface area contributed by atoms with Gasteiger partial charge in [0.15, 0.2) is 5.78 Å². The van der Waals surface area contributed by atoms with Gasteiger partial charge in [0.05, 0.1) is 6.42 Å². The van der Waals surface area contributed by atoms with Crippen LogP contribution in [0.1, 0.15) is 18.9 Å². The number of phenols is 1. The first-order chi connectivity index (χ1) is 7.09. The Morgan fingerprint density at radius 1 is 1.33 bits per heavy atom. The predicted octanol–water partition coefficient (Wildman–Crippen LogP) is 1.95. The van der Waals surface area contributed by atoms with Gasteiger partial charge in [-0.05, 0) is 25.1 Å². The molecule has 0 radical (unpaired) electrons. The van der Waals surface area contributed by atoms with Crippen molar-refractivity contribution in [2.45, 2.75) is 13.3 Å². The number of allylic oxidation sites excluding steroid dienone is 1. The van der Waals surface area contributed by atoms with Crippen molar-refractivity contribution in [3.05, 3.63) is 35.9 Å². The van der Waals surface area contributed by atoms with Crippen molar-refractivity contribution in [3.63, 3.8) is 0 Å². The Balaban J connectivity index is 2.70. The quantitative estimate of drug-likeness (QED) is 0.602. The zero-order chi connectivity index (χ0) is 11.3. The predicted molar refractivity (Wildman–Crippen MR) is 57.4 cm³/mol. The molecule has 78 valence electrons. The number of carbonyl (C=O) groups is 2. The summed E-state index contributed by atoms with van der Waals surface area (Å²) in [5.41, 5.74) is 0.564. The molecule has 0 heterocycles. The summed E-state index contributed by atoms with van der Waals surface area (Å²) in [4.78, 5) is 21.8. The fourth-order valence-corrected chi connectivity index (χ4v) is 1.12. The van der Waals surface area contributed by atoms with E-state index in [1.807, 2.05) is 0 Å². The molecule has 0 fully saturated rings. The van der Waals surface area contributed by atoms with Crippen LogP contribution in [0.25, 0.3) is 6.08 Å². The SMILES string of the molecule is CC(=O)CC(=O)C=Cc1ccccc1O. The van der Waals surface area contributed by atoms with Crippen LogP contribution in [-0.2, 0) is 9.59 Å². The van der Waals surface area contributed by atoms with Gasteiger partial charge in [-0.25, -0.2) is 0 Å². The van der Waals surface area contributed by atoms with Crippen LogP contribution in [0.5, 0.6) is 5.75 Å². The maximum Gasteiger partial charge on any atom is 0.163 e. The van der Waals surface area contributed by atoms with Crippen molar-refractivity contribution >= 4 is 17.6 Å². The van der Waals surface area contributed by atoms with Crippen molar-refractivity contribution in [2.24, 2.45) is 0 Å². The van der Waals surface area contributed by atoms with E-state index in [1.54, 1.807) is 18.2 Å².